The number of fused-ring (bicyclic) bond motifs is 1. The molecule has 1 aliphatic heterocycles. The number of aromatic nitrogens is 4. The number of piperazine rings is 1. The molecule has 0 atom stereocenters. The lowest BCUT2D eigenvalue weighted by Gasteiger charge is -2.33. The largest absolute Gasteiger partial charge is 0.618 e. The lowest BCUT2D eigenvalue weighted by Crippen LogP contribution is -2.50. The van der Waals surface area contributed by atoms with Crippen molar-refractivity contribution >= 4 is 38.3 Å². The molecule has 0 N–H and O–H groups in total. The van der Waals surface area contributed by atoms with E-state index in [4.69, 9.17) is 11.6 Å². The highest BCUT2D eigenvalue weighted by Crippen LogP contribution is 2.25. The molecule has 2 aromatic heterocycles. The number of sulfonamides is 1. The fourth-order valence-electron chi connectivity index (χ4n) is 3.89. The van der Waals surface area contributed by atoms with E-state index in [1.165, 1.54) is 21.6 Å². The molecular formula is C23H19ClN6O4S. The van der Waals surface area contributed by atoms with Crippen LogP contribution in [0.15, 0.2) is 71.9 Å². The number of nitrogens with zero attached hydrogens (tertiary/aromatic N) is 6. The van der Waals surface area contributed by atoms with Crippen LogP contribution in [0.5, 0.6) is 0 Å². The third-order valence-corrected chi connectivity index (χ3v) is 7.91. The number of rotatable bonds is 4. The molecular weight excluding hydrogens is 492 g/mol. The number of amides is 1. The van der Waals surface area contributed by atoms with Crippen molar-refractivity contribution in [2.75, 3.05) is 26.2 Å². The number of pyridine rings is 1. The summed E-state index contributed by atoms with van der Waals surface area (Å²) in [5.74, 6) is -0.571. The van der Waals surface area contributed by atoms with E-state index < -0.39 is 15.9 Å². The minimum atomic E-state index is -3.73. The van der Waals surface area contributed by atoms with Crippen LogP contribution >= 0.6 is 11.6 Å². The van der Waals surface area contributed by atoms with Crippen molar-refractivity contribution in [3.63, 3.8) is 0 Å². The van der Waals surface area contributed by atoms with Crippen molar-refractivity contribution in [1.29, 1.82) is 0 Å². The minimum Gasteiger partial charge on any atom is -0.618 e. The Morgan fingerprint density at radius 2 is 1.71 bits per heavy atom. The topological polar surface area (TPSA) is 123 Å². The van der Waals surface area contributed by atoms with Crippen molar-refractivity contribution in [2.24, 2.45) is 0 Å². The van der Waals surface area contributed by atoms with Gasteiger partial charge in [0.2, 0.25) is 21.5 Å². The van der Waals surface area contributed by atoms with Crippen molar-refractivity contribution in [3.8, 4) is 11.4 Å². The molecule has 178 valence electrons. The second kappa shape index (κ2) is 9.17. The zero-order valence-corrected chi connectivity index (χ0v) is 19.9. The highest BCUT2D eigenvalue weighted by Gasteiger charge is 2.31. The third-order valence-electron chi connectivity index (χ3n) is 5.78. The molecule has 0 bridgehead atoms. The van der Waals surface area contributed by atoms with Crippen LogP contribution in [0.25, 0.3) is 22.2 Å². The Morgan fingerprint density at radius 3 is 2.43 bits per heavy atom. The van der Waals surface area contributed by atoms with Crippen LogP contribution in [0.4, 0.5) is 0 Å². The Kier molecular flexibility index (Phi) is 6.05. The Labute approximate surface area is 206 Å². The molecule has 2 aromatic carbocycles. The number of benzene rings is 2. The summed E-state index contributed by atoms with van der Waals surface area (Å²) in [5, 5.41) is 21.9. The van der Waals surface area contributed by atoms with Crippen LogP contribution in [0.3, 0.4) is 0 Å². The fraction of sp³-hybridized carbons (Fsp3) is 0.174. The van der Waals surface area contributed by atoms with Gasteiger partial charge in [-0.2, -0.15) is 9.04 Å². The number of carbonyl (C=O) groups is 1. The van der Waals surface area contributed by atoms with Crippen molar-refractivity contribution in [2.45, 2.75) is 4.90 Å². The summed E-state index contributed by atoms with van der Waals surface area (Å²) >= 11 is 6.01. The van der Waals surface area contributed by atoms with Gasteiger partial charge in [0, 0.05) is 43.3 Å². The summed E-state index contributed by atoms with van der Waals surface area (Å²) in [5.41, 5.74) is 0.507. The van der Waals surface area contributed by atoms with Crippen molar-refractivity contribution in [1.82, 2.24) is 24.4 Å². The summed E-state index contributed by atoms with van der Waals surface area (Å²) < 4.78 is 28.4. The Bertz CT molecular complexity index is 1520. The van der Waals surface area contributed by atoms with Crippen LogP contribution in [0.1, 0.15) is 10.6 Å². The molecule has 3 heterocycles. The predicted octanol–water partition coefficient (Wildman–Crippen LogP) is 2.13. The van der Waals surface area contributed by atoms with Crippen LogP contribution < -0.4 is 4.73 Å². The van der Waals surface area contributed by atoms with E-state index in [9.17, 15) is 18.4 Å². The molecule has 1 amide bonds. The van der Waals surface area contributed by atoms with Gasteiger partial charge in [0.15, 0.2) is 11.9 Å². The number of halogens is 1. The summed E-state index contributed by atoms with van der Waals surface area (Å²) in [4.78, 5) is 18.6. The van der Waals surface area contributed by atoms with Gasteiger partial charge in [0.1, 0.15) is 0 Å². The Hall–Kier alpha value is -3.67. The van der Waals surface area contributed by atoms with E-state index in [2.05, 4.69) is 15.2 Å². The van der Waals surface area contributed by atoms with Gasteiger partial charge in [-0.25, -0.2) is 13.4 Å². The Morgan fingerprint density at radius 1 is 0.971 bits per heavy atom. The van der Waals surface area contributed by atoms with Gasteiger partial charge < -0.3 is 10.1 Å². The number of carbonyl (C=O) groups excluding carboxylic acids is 1. The van der Waals surface area contributed by atoms with Gasteiger partial charge in [-0.05, 0) is 41.1 Å². The molecule has 1 saturated heterocycles. The molecule has 12 heteroatoms. The first kappa shape index (κ1) is 23.1. The first-order valence-electron chi connectivity index (χ1n) is 10.7. The number of hydrogen-bond acceptors (Lipinski definition) is 7. The summed E-state index contributed by atoms with van der Waals surface area (Å²) in [6.45, 7) is 0.647. The summed E-state index contributed by atoms with van der Waals surface area (Å²) in [6.07, 6.45) is 2.65. The molecule has 0 unspecified atom stereocenters. The SMILES string of the molecule is O=C(c1ncc(-c2cccc[n+]2[O-])nn1)N1CCN(S(=O)(=O)c2ccc3cc(Cl)ccc3c2)CC1. The minimum absolute atomic E-state index is 0.119. The second-order valence-electron chi connectivity index (χ2n) is 7.93. The highest BCUT2D eigenvalue weighted by atomic mass is 35.5. The molecule has 0 spiro atoms. The van der Waals surface area contributed by atoms with E-state index in [0.29, 0.717) is 9.75 Å². The average Bonchev–Trinajstić information content (AvgIpc) is 2.88. The van der Waals surface area contributed by atoms with Gasteiger partial charge in [0.05, 0.1) is 11.1 Å². The lowest BCUT2D eigenvalue weighted by atomic mass is 10.1. The van der Waals surface area contributed by atoms with Crippen molar-refractivity contribution in [3.05, 3.63) is 83.0 Å². The summed E-state index contributed by atoms with van der Waals surface area (Å²) in [7, 11) is -3.73. The first-order chi connectivity index (χ1) is 16.8. The molecule has 4 aromatic rings. The quantitative estimate of drug-likeness (QED) is 0.304. The monoisotopic (exact) mass is 510 g/mol. The number of hydrogen-bond donors (Lipinski definition) is 0. The smallest absolute Gasteiger partial charge is 0.293 e. The van der Waals surface area contributed by atoms with Crippen LogP contribution in [0, 0.1) is 5.21 Å². The van der Waals surface area contributed by atoms with Gasteiger partial charge in [0.25, 0.3) is 5.91 Å². The van der Waals surface area contributed by atoms with Crippen molar-refractivity contribution < 1.29 is 17.9 Å². The fourth-order valence-corrected chi connectivity index (χ4v) is 5.53. The first-order valence-corrected chi connectivity index (χ1v) is 12.5. The zero-order chi connectivity index (χ0) is 24.6. The standard InChI is InChI=1S/C23H19ClN6O4S/c24-18-6-4-17-14-19(7-5-16(17)13-18)35(33,34)29-11-9-28(10-12-29)23(31)22-25-15-20(26-27-22)21-3-1-2-8-30(21)32/h1-8,13-15H,9-12H2. The highest BCUT2D eigenvalue weighted by molar-refractivity contribution is 7.89. The maximum atomic E-state index is 13.2. The predicted molar refractivity (Wildman–Crippen MR) is 128 cm³/mol. The van der Waals surface area contributed by atoms with Gasteiger partial charge >= 0.3 is 0 Å². The molecule has 0 radical (unpaired) electrons. The molecule has 0 aliphatic carbocycles. The molecule has 10 nitrogen and oxygen atoms in total. The van der Waals surface area contributed by atoms with E-state index in [-0.39, 0.29) is 48.3 Å². The van der Waals surface area contributed by atoms with E-state index in [0.717, 1.165) is 10.8 Å². The van der Waals surface area contributed by atoms with Gasteiger partial charge in [-0.3, -0.25) is 4.79 Å². The van der Waals surface area contributed by atoms with Crippen LogP contribution in [-0.4, -0.2) is 64.9 Å². The normalized spacial score (nSPS) is 14.8. The molecule has 1 aliphatic rings. The maximum Gasteiger partial charge on any atom is 0.293 e. The van der Waals surface area contributed by atoms with E-state index >= 15 is 0 Å². The lowest BCUT2D eigenvalue weighted by molar-refractivity contribution is -0.593. The van der Waals surface area contributed by atoms with Gasteiger partial charge in [-0.1, -0.05) is 23.7 Å². The van der Waals surface area contributed by atoms with Gasteiger partial charge in [-0.15, -0.1) is 10.2 Å². The maximum absolute atomic E-state index is 13.2. The molecule has 0 saturated carbocycles. The van der Waals surface area contributed by atoms with Crippen LogP contribution in [0.2, 0.25) is 5.02 Å². The van der Waals surface area contributed by atoms with E-state index in [1.807, 2.05) is 0 Å². The molecule has 35 heavy (non-hydrogen) atoms. The van der Waals surface area contributed by atoms with E-state index in [1.54, 1.807) is 54.6 Å². The average molecular weight is 511 g/mol. The third kappa shape index (κ3) is 4.53. The molecule has 5 rings (SSSR count). The summed E-state index contributed by atoms with van der Waals surface area (Å²) in [6, 6.07) is 15.0. The molecule has 1 fully saturated rings. The van der Waals surface area contributed by atoms with Crippen LogP contribution in [-0.2, 0) is 10.0 Å². The second-order valence-corrected chi connectivity index (χ2v) is 10.3. The Balaban J connectivity index is 1.27. The zero-order valence-electron chi connectivity index (χ0n) is 18.3.